The number of benzene rings is 1. The van der Waals surface area contributed by atoms with Gasteiger partial charge in [0.05, 0.1) is 6.26 Å². The molecule has 2 rings (SSSR count). The minimum Gasteiger partial charge on any atom is -0.465 e. The van der Waals surface area contributed by atoms with Gasteiger partial charge in [0, 0.05) is 5.92 Å². The molecule has 0 spiro atoms. The third-order valence-corrected chi connectivity index (χ3v) is 2.65. The van der Waals surface area contributed by atoms with Gasteiger partial charge in [0.15, 0.2) is 0 Å². The van der Waals surface area contributed by atoms with E-state index in [1.807, 2.05) is 55.5 Å². The van der Waals surface area contributed by atoms with Gasteiger partial charge in [-0.1, -0.05) is 37.3 Å². The average Bonchev–Trinajstić information content (AvgIpc) is 2.89. The van der Waals surface area contributed by atoms with Gasteiger partial charge in [-0.25, -0.2) is 0 Å². The van der Waals surface area contributed by atoms with Crippen LogP contribution >= 0.6 is 0 Å². The summed E-state index contributed by atoms with van der Waals surface area (Å²) in [6.07, 6.45) is 6.49. The third kappa shape index (κ3) is 2.94. The molecule has 0 radical (unpaired) electrons. The van der Waals surface area contributed by atoms with E-state index in [0.717, 1.165) is 23.2 Å². The summed E-state index contributed by atoms with van der Waals surface area (Å²) >= 11 is 0. The molecule has 1 unspecified atom stereocenters. The van der Waals surface area contributed by atoms with E-state index >= 15 is 0 Å². The molecular formula is C15H14O2. The topological polar surface area (TPSA) is 30.2 Å². The predicted octanol–water partition coefficient (Wildman–Crippen LogP) is 3.75. The SMILES string of the molecule is CC(C=O)c1ccc(C=Cc2ccco2)cc1. The molecule has 0 aliphatic heterocycles. The van der Waals surface area contributed by atoms with E-state index in [1.165, 1.54) is 0 Å². The molecule has 0 saturated carbocycles. The number of rotatable bonds is 4. The fourth-order valence-electron chi connectivity index (χ4n) is 1.55. The molecule has 17 heavy (non-hydrogen) atoms. The Morgan fingerprint density at radius 1 is 1.12 bits per heavy atom. The Bertz CT molecular complexity index is 492. The van der Waals surface area contributed by atoms with E-state index in [9.17, 15) is 4.79 Å². The van der Waals surface area contributed by atoms with Crippen LogP contribution < -0.4 is 0 Å². The van der Waals surface area contributed by atoms with Crippen molar-refractivity contribution in [2.45, 2.75) is 12.8 Å². The fourth-order valence-corrected chi connectivity index (χ4v) is 1.55. The quantitative estimate of drug-likeness (QED) is 0.743. The molecule has 0 amide bonds. The molecule has 0 saturated heterocycles. The largest absolute Gasteiger partial charge is 0.465 e. The highest BCUT2D eigenvalue weighted by Crippen LogP contribution is 2.15. The first-order valence-electron chi connectivity index (χ1n) is 5.56. The molecule has 1 aromatic carbocycles. The summed E-state index contributed by atoms with van der Waals surface area (Å²) in [5.74, 6) is 0.786. The van der Waals surface area contributed by atoms with E-state index in [2.05, 4.69) is 0 Å². The molecule has 2 nitrogen and oxygen atoms in total. The molecule has 0 bridgehead atoms. The standard InChI is InChI=1S/C15H14O2/c1-12(11-16)14-7-4-13(5-8-14)6-9-15-3-2-10-17-15/h2-12H,1H3. The highest BCUT2D eigenvalue weighted by Gasteiger charge is 2.01. The Kier molecular flexibility index (Phi) is 3.55. The minimum absolute atomic E-state index is 0.0434. The van der Waals surface area contributed by atoms with E-state index in [-0.39, 0.29) is 5.92 Å². The summed E-state index contributed by atoms with van der Waals surface area (Å²) in [5.41, 5.74) is 2.12. The molecule has 86 valence electrons. The van der Waals surface area contributed by atoms with Gasteiger partial charge in [-0.05, 0) is 29.3 Å². The zero-order valence-electron chi connectivity index (χ0n) is 9.67. The van der Waals surface area contributed by atoms with E-state index in [1.54, 1.807) is 6.26 Å². The number of carbonyl (C=O) groups is 1. The summed E-state index contributed by atoms with van der Waals surface area (Å²) in [4.78, 5) is 10.6. The molecule has 1 atom stereocenters. The van der Waals surface area contributed by atoms with Gasteiger partial charge in [0.1, 0.15) is 12.0 Å². The van der Waals surface area contributed by atoms with Crippen LogP contribution in [0.4, 0.5) is 0 Å². The maximum atomic E-state index is 10.6. The Morgan fingerprint density at radius 2 is 1.88 bits per heavy atom. The molecule has 2 heteroatoms. The minimum atomic E-state index is -0.0434. The van der Waals surface area contributed by atoms with Crippen LogP contribution in [0.25, 0.3) is 12.2 Å². The zero-order chi connectivity index (χ0) is 12.1. The first kappa shape index (κ1) is 11.4. The summed E-state index contributed by atoms with van der Waals surface area (Å²) in [6.45, 7) is 1.89. The molecule has 1 aromatic heterocycles. The maximum absolute atomic E-state index is 10.6. The fraction of sp³-hybridized carbons (Fsp3) is 0.133. The van der Waals surface area contributed by atoms with Gasteiger partial charge < -0.3 is 9.21 Å². The summed E-state index contributed by atoms with van der Waals surface area (Å²) in [7, 11) is 0. The Labute approximate surface area is 101 Å². The number of aldehydes is 1. The van der Waals surface area contributed by atoms with Crippen LogP contribution in [0.3, 0.4) is 0 Å². The van der Waals surface area contributed by atoms with Crippen molar-refractivity contribution in [1.29, 1.82) is 0 Å². The van der Waals surface area contributed by atoms with Gasteiger partial charge in [-0.15, -0.1) is 0 Å². The number of furan rings is 1. The lowest BCUT2D eigenvalue weighted by molar-refractivity contribution is -0.108. The molecule has 0 aliphatic carbocycles. The van der Waals surface area contributed by atoms with Crippen LogP contribution in [0.2, 0.25) is 0 Å². The monoisotopic (exact) mass is 226 g/mol. The van der Waals surface area contributed by atoms with Crippen LogP contribution in [0.5, 0.6) is 0 Å². The van der Waals surface area contributed by atoms with Crippen molar-refractivity contribution >= 4 is 18.4 Å². The normalized spacial score (nSPS) is 12.8. The van der Waals surface area contributed by atoms with Gasteiger partial charge in [0.25, 0.3) is 0 Å². The average molecular weight is 226 g/mol. The van der Waals surface area contributed by atoms with Crippen molar-refractivity contribution < 1.29 is 9.21 Å². The molecule has 0 N–H and O–H groups in total. The second-order valence-electron chi connectivity index (χ2n) is 3.94. The number of carbonyl (C=O) groups excluding carboxylic acids is 1. The zero-order valence-corrected chi connectivity index (χ0v) is 9.67. The van der Waals surface area contributed by atoms with Gasteiger partial charge in [-0.3, -0.25) is 0 Å². The summed E-state index contributed by atoms with van der Waals surface area (Å²) in [5, 5.41) is 0. The Hall–Kier alpha value is -2.09. The van der Waals surface area contributed by atoms with Crippen molar-refractivity contribution in [3.8, 4) is 0 Å². The third-order valence-electron chi connectivity index (χ3n) is 2.65. The highest BCUT2D eigenvalue weighted by atomic mass is 16.3. The van der Waals surface area contributed by atoms with Crippen molar-refractivity contribution in [2.75, 3.05) is 0 Å². The molecule has 1 heterocycles. The van der Waals surface area contributed by atoms with Crippen LogP contribution in [-0.2, 0) is 4.79 Å². The summed E-state index contributed by atoms with van der Waals surface area (Å²) < 4.78 is 5.20. The van der Waals surface area contributed by atoms with Crippen molar-refractivity contribution in [2.24, 2.45) is 0 Å². The lowest BCUT2D eigenvalue weighted by Gasteiger charge is -2.03. The lowest BCUT2D eigenvalue weighted by Crippen LogP contribution is -1.93. The van der Waals surface area contributed by atoms with Gasteiger partial charge in [-0.2, -0.15) is 0 Å². The van der Waals surface area contributed by atoms with Crippen molar-refractivity contribution in [3.63, 3.8) is 0 Å². The second kappa shape index (κ2) is 5.30. The Morgan fingerprint density at radius 3 is 2.47 bits per heavy atom. The maximum Gasteiger partial charge on any atom is 0.127 e. The van der Waals surface area contributed by atoms with Crippen LogP contribution in [-0.4, -0.2) is 6.29 Å². The molecular weight excluding hydrogens is 212 g/mol. The number of hydrogen-bond acceptors (Lipinski definition) is 2. The smallest absolute Gasteiger partial charge is 0.127 e. The molecule has 2 aromatic rings. The van der Waals surface area contributed by atoms with Gasteiger partial charge >= 0.3 is 0 Å². The van der Waals surface area contributed by atoms with E-state index < -0.39 is 0 Å². The highest BCUT2D eigenvalue weighted by molar-refractivity contribution is 5.68. The predicted molar refractivity (Wildman–Crippen MR) is 68.6 cm³/mol. The first-order valence-corrected chi connectivity index (χ1v) is 5.56. The van der Waals surface area contributed by atoms with E-state index in [0.29, 0.717) is 0 Å². The molecule has 0 aliphatic rings. The first-order chi connectivity index (χ1) is 8.29. The van der Waals surface area contributed by atoms with Crippen LogP contribution in [0, 0.1) is 0 Å². The van der Waals surface area contributed by atoms with Crippen molar-refractivity contribution in [1.82, 2.24) is 0 Å². The van der Waals surface area contributed by atoms with Crippen LogP contribution in [0.1, 0.15) is 29.7 Å². The Balaban J connectivity index is 2.11. The van der Waals surface area contributed by atoms with Crippen molar-refractivity contribution in [3.05, 3.63) is 59.5 Å². The lowest BCUT2D eigenvalue weighted by atomic mass is 10.0. The van der Waals surface area contributed by atoms with E-state index in [4.69, 9.17) is 4.42 Å². The molecule has 0 fully saturated rings. The van der Waals surface area contributed by atoms with Crippen LogP contribution in [0.15, 0.2) is 47.1 Å². The second-order valence-corrected chi connectivity index (χ2v) is 3.94. The summed E-state index contributed by atoms with van der Waals surface area (Å²) in [6, 6.07) is 11.7. The van der Waals surface area contributed by atoms with Gasteiger partial charge in [0.2, 0.25) is 0 Å². The number of hydrogen-bond donors (Lipinski definition) is 0.